The maximum atomic E-state index is 5.83. The molecular weight excluding hydrogens is 254 g/mol. The van der Waals surface area contributed by atoms with Gasteiger partial charge in [-0.25, -0.2) is 0 Å². The van der Waals surface area contributed by atoms with Gasteiger partial charge in [-0.1, -0.05) is 15.9 Å². The van der Waals surface area contributed by atoms with Crippen molar-refractivity contribution in [3.8, 4) is 5.75 Å². The van der Waals surface area contributed by atoms with E-state index in [0.29, 0.717) is 0 Å². The minimum Gasteiger partial charge on any atom is -0.496 e. The molecule has 3 heteroatoms. The number of ether oxygens (including phenoxy) is 1. The lowest BCUT2D eigenvalue weighted by atomic mass is 9.99. The smallest absolute Gasteiger partial charge is 0.125 e. The molecule has 0 fully saturated rings. The van der Waals surface area contributed by atoms with Crippen LogP contribution in [0.2, 0.25) is 0 Å². The van der Waals surface area contributed by atoms with Gasteiger partial charge in [-0.2, -0.15) is 0 Å². The molecule has 1 aromatic carbocycles. The van der Waals surface area contributed by atoms with Crippen LogP contribution in [0.4, 0.5) is 0 Å². The van der Waals surface area contributed by atoms with Crippen LogP contribution < -0.4 is 10.5 Å². The molecule has 0 saturated heterocycles. The van der Waals surface area contributed by atoms with Crippen LogP contribution in [-0.4, -0.2) is 13.2 Å². The molecule has 2 N–H and O–H groups in total. The summed E-state index contributed by atoms with van der Waals surface area (Å²) in [4.78, 5) is 0. The Labute approximate surface area is 99.9 Å². The van der Waals surface area contributed by atoms with Crippen LogP contribution in [0.15, 0.2) is 10.5 Å². The molecule has 0 saturated carbocycles. The van der Waals surface area contributed by atoms with Crippen LogP contribution in [-0.2, 0) is 6.42 Å². The van der Waals surface area contributed by atoms with E-state index in [1.165, 1.54) is 11.1 Å². The van der Waals surface area contributed by atoms with Crippen molar-refractivity contribution in [1.29, 1.82) is 0 Å². The molecule has 1 aromatic rings. The molecule has 84 valence electrons. The lowest BCUT2D eigenvalue weighted by molar-refractivity contribution is 0.407. The fourth-order valence-corrected chi connectivity index (χ4v) is 2.64. The van der Waals surface area contributed by atoms with Gasteiger partial charge >= 0.3 is 0 Å². The van der Waals surface area contributed by atoms with E-state index in [-0.39, 0.29) is 6.04 Å². The molecule has 0 radical (unpaired) electrons. The number of benzene rings is 1. The SMILES string of the molecule is COc1c(C)cc(Br)c(CC(C)N)c1C. The quantitative estimate of drug-likeness (QED) is 0.918. The average Bonchev–Trinajstić information content (AvgIpc) is 2.12. The second kappa shape index (κ2) is 4.99. The first-order valence-corrected chi connectivity index (χ1v) is 5.84. The van der Waals surface area contributed by atoms with Crippen LogP contribution in [0.1, 0.15) is 23.6 Å². The van der Waals surface area contributed by atoms with Crippen LogP contribution in [0, 0.1) is 13.8 Å². The summed E-state index contributed by atoms with van der Waals surface area (Å²) in [5.74, 6) is 0.967. The van der Waals surface area contributed by atoms with E-state index in [2.05, 4.69) is 28.9 Å². The van der Waals surface area contributed by atoms with Crippen LogP contribution in [0.3, 0.4) is 0 Å². The molecule has 1 unspecified atom stereocenters. The summed E-state index contributed by atoms with van der Waals surface area (Å²) < 4.78 is 6.51. The first-order chi connectivity index (χ1) is 6.97. The fraction of sp³-hybridized carbons (Fsp3) is 0.500. The van der Waals surface area contributed by atoms with Gasteiger partial charge in [-0.3, -0.25) is 0 Å². The number of halogens is 1. The highest BCUT2D eigenvalue weighted by Crippen LogP contribution is 2.32. The van der Waals surface area contributed by atoms with Crippen molar-refractivity contribution >= 4 is 15.9 Å². The average molecular weight is 272 g/mol. The highest BCUT2D eigenvalue weighted by molar-refractivity contribution is 9.10. The molecule has 0 amide bonds. The van der Waals surface area contributed by atoms with Crippen molar-refractivity contribution < 1.29 is 4.74 Å². The van der Waals surface area contributed by atoms with Gasteiger partial charge in [0.05, 0.1) is 7.11 Å². The van der Waals surface area contributed by atoms with Gasteiger partial charge in [0.25, 0.3) is 0 Å². The van der Waals surface area contributed by atoms with Crippen molar-refractivity contribution in [2.24, 2.45) is 5.73 Å². The molecule has 0 heterocycles. The number of hydrogen-bond acceptors (Lipinski definition) is 2. The Balaban J connectivity index is 3.26. The third kappa shape index (κ3) is 2.73. The van der Waals surface area contributed by atoms with E-state index >= 15 is 0 Å². The third-order valence-electron chi connectivity index (χ3n) is 2.51. The van der Waals surface area contributed by atoms with E-state index < -0.39 is 0 Å². The van der Waals surface area contributed by atoms with E-state index in [9.17, 15) is 0 Å². The summed E-state index contributed by atoms with van der Waals surface area (Å²) >= 11 is 3.58. The molecule has 0 aliphatic carbocycles. The van der Waals surface area contributed by atoms with Crippen molar-refractivity contribution in [2.45, 2.75) is 33.2 Å². The predicted molar refractivity (Wildman–Crippen MR) is 67.5 cm³/mol. The Kier molecular flexibility index (Phi) is 4.17. The number of aryl methyl sites for hydroxylation is 1. The van der Waals surface area contributed by atoms with Crippen molar-refractivity contribution in [2.75, 3.05) is 7.11 Å². The zero-order chi connectivity index (χ0) is 11.6. The minimum absolute atomic E-state index is 0.160. The topological polar surface area (TPSA) is 35.2 Å². The van der Waals surface area contributed by atoms with Crippen LogP contribution >= 0.6 is 15.9 Å². The molecule has 0 aromatic heterocycles. The Bertz CT molecular complexity index is 361. The molecule has 1 atom stereocenters. The van der Waals surface area contributed by atoms with E-state index in [0.717, 1.165) is 22.2 Å². The van der Waals surface area contributed by atoms with Crippen molar-refractivity contribution in [3.63, 3.8) is 0 Å². The Morgan fingerprint density at radius 3 is 2.53 bits per heavy atom. The molecule has 0 spiro atoms. The summed E-state index contributed by atoms with van der Waals surface area (Å²) in [5.41, 5.74) is 9.40. The largest absolute Gasteiger partial charge is 0.496 e. The van der Waals surface area contributed by atoms with Crippen LogP contribution in [0.25, 0.3) is 0 Å². The van der Waals surface area contributed by atoms with E-state index in [1.54, 1.807) is 7.11 Å². The number of nitrogens with two attached hydrogens (primary N) is 1. The maximum absolute atomic E-state index is 5.83. The second-order valence-electron chi connectivity index (χ2n) is 3.99. The number of rotatable bonds is 3. The molecule has 0 bridgehead atoms. The molecular formula is C12H18BrNO. The fourth-order valence-electron chi connectivity index (χ4n) is 1.84. The first kappa shape index (κ1) is 12.5. The van der Waals surface area contributed by atoms with Gasteiger partial charge in [0.2, 0.25) is 0 Å². The summed E-state index contributed by atoms with van der Waals surface area (Å²) in [5, 5.41) is 0. The zero-order valence-electron chi connectivity index (χ0n) is 9.73. The lowest BCUT2D eigenvalue weighted by Crippen LogP contribution is -2.19. The van der Waals surface area contributed by atoms with Gasteiger partial charge in [0.15, 0.2) is 0 Å². The van der Waals surface area contributed by atoms with Gasteiger partial charge in [0, 0.05) is 10.5 Å². The maximum Gasteiger partial charge on any atom is 0.125 e. The monoisotopic (exact) mass is 271 g/mol. The Hall–Kier alpha value is -0.540. The summed E-state index contributed by atoms with van der Waals surface area (Å²) in [6, 6.07) is 2.25. The van der Waals surface area contributed by atoms with Crippen LogP contribution in [0.5, 0.6) is 5.75 Å². The Morgan fingerprint density at radius 2 is 2.07 bits per heavy atom. The molecule has 2 nitrogen and oxygen atoms in total. The molecule has 0 aliphatic heterocycles. The first-order valence-electron chi connectivity index (χ1n) is 5.05. The normalized spacial score (nSPS) is 12.7. The third-order valence-corrected chi connectivity index (χ3v) is 3.22. The number of methoxy groups -OCH3 is 1. The van der Waals surface area contributed by atoms with Gasteiger partial charge < -0.3 is 10.5 Å². The molecule has 0 aliphatic rings. The van der Waals surface area contributed by atoms with Crippen molar-refractivity contribution in [1.82, 2.24) is 0 Å². The zero-order valence-corrected chi connectivity index (χ0v) is 11.3. The predicted octanol–water partition coefficient (Wildman–Crippen LogP) is 2.96. The van der Waals surface area contributed by atoms with Gasteiger partial charge in [-0.05, 0) is 49.9 Å². The minimum atomic E-state index is 0.160. The highest BCUT2D eigenvalue weighted by atomic mass is 79.9. The van der Waals surface area contributed by atoms with Crippen molar-refractivity contribution in [3.05, 3.63) is 27.2 Å². The standard InChI is InChI=1S/C12H18BrNO/c1-7-5-11(13)10(6-8(2)14)9(3)12(7)15-4/h5,8H,6,14H2,1-4H3. The summed E-state index contributed by atoms with van der Waals surface area (Å²) in [6.07, 6.45) is 0.864. The highest BCUT2D eigenvalue weighted by Gasteiger charge is 2.13. The summed E-state index contributed by atoms with van der Waals surface area (Å²) in [7, 11) is 1.71. The van der Waals surface area contributed by atoms with Gasteiger partial charge in [-0.15, -0.1) is 0 Å². The van der Waals surface area contributed by atoms with E-state index in [4.69, 9.17) is 10.5 Å². The molecule has 15 heavy (non-hydrogen) atoms. The van der Waals surface area contributed by atoms with E-state index in [1.807, 2.05) is 13.8 Å². The number of hydrogen-bond donors (Lipinski definition) is 1. The second-order valence-corrected chi connectivity index (χ2v) is 4.85. The molecule has 1 rings (SSSR count). The van der Waals surface area contributed by atoms with Gasteiger partial charge in [0.1, 0.15) is 5.75 Å². The lowest BCUT2D eigenvalue weighted by Gasteiger charge is -2.16. The Morgan fingerprint density at radius 1 is 1.47 bits per heavy atom. The summed E-state index contributed by atoms with van der Waals surface area (Å²) in [6.45, 7) is 6.14.